The molecule has 5 heteroatoms. The maximum absolute atomic E-state index is 13.1. The van der Waals surface area contributed by atoms with Crippen molar-refractivity contribution in [2.24, 2.45) is 0 Å². The number of thiazole rings is 1. The molecule has 4 nitrogen and oxygen atoms in total. The van der Waals surface area contributed by atoms with Crippen molar-refractivity contribution in [2.75, 3.05) is 17.2 Å². The third kappa shape index (κ3) is 5.38. The van der Waals surface area contributed by atoms with E-state index in [0.717, 1.165) is 46.7 Å². The topological polar surface area (TPSA) is 54.0 Å². The van der Waals surface area contributed by atoms with E-state index >= 15 is 0 Å². The van der Waals surface area contributed by atoms with Crippen LogP contribution in [0.5, 0.6) is 0 Å². The number of carbonyl (C=O) groups excluding carboxylic acids is 1. The molecular weight excluding hydrogens is 402 g/mol. The molecule has 0 atom stereocenters. The lowest BCUT2D eigenvalue weighted by Gasteiger charge is -2.13. The van der Waals surface area contributed by atoms with E-state index in [4.69, 9.17) is 0 Å². The summed E-state index contributed by atoms with van der Waals surface area (Å²) in [6, 6.07) is 22.1. The van der Waals surface area contributed by atoms with Gasteiger partial charge >= 0.3 is 0 Å². The molecule has 0 radical (unpaired) electrons. The second-order valence-electron chi connectivity index (χ2n) is 7.60. The largest absolute Gasteiger partial charge is 0.385 e. The first kappa shape index (κ1) is 20.8. The summed E-state index contributed by atoms with van der Waals surface area (Å²) in [5.41, 5.74) is 9.64. The van der Waals surface area contributed by atoms with Crippen LogP contribution in [0.25, 0.3) is 11.1 Å². The third-order valence-corrected chi connectivity index (χ3v) is 5.75. The zero-order valence-electron chi connectivity index (χ0n) is 17.7. The normalized spacial score (nSPS) is 10.6. The first-order chi connectivity index (χ1) is 15.1. The first-order valence-corrected chi connectivity index (χ1v) is 11.2. The summed E-state index contributed by atoms with van der Waals surface area (Å²) in [5, 5.41) is 8.49. The van der Waals surface area contributed by atoms with E-state index in [-0.39, 0.29) is 5.91 Å². The van der Waals surface area contributed by atoms with Gasteiger partial charge in [-0.15, -0.1) is 11.3 Å². The minimum Gasteiger partial charge on any atom is -0.385 e. The van der Waals surface area contributed by atoms with E-state index in [2.05, 4.69) is 52.2 Å². The summed E-state index contributed by atoms with van der Waals surface area (Å²) < 4.78 is 0. The smallest absolute Gasteiger partial charge is 0.256 e. The Morgan fingerprint density at radius 3 is 2.32 bits per heavy atom. The molecule has 1 aromatic heterocycles. The molecule has 0 bridgehead atoms. The Labute approximate surface area is 187 Å². The summed E-state index contributed by atoms with van der Waals surface area (Å²) >= 11 is 1.61. The number of aryl methyl sites for hydroxylation is 2. The van der Waals surface area contributed by atoms with Crippen LogP contribution in [0.1, 0.15) is 27.2 Å². The van der Waals surface area contributed by atoms with E-state index < -0.39 is 0 Å². The Hall–Kier alpha value is -3.44. The Morgan fingerprint density at radius 1 is 0.903 bits per heavy atom. The van der Waals surface area contributed by atoms with E-state index in [0.29, 0.717) is 5.56 Å². The molecule has 0 aliphatic rings. The van der Waals surface area contributed by atoms with Crippen molar-refractivity contribution in [3.05, 3.63) is 100 Å². The Kier molecular flexibility index (Phi) is 6.43. The highest BCUT2D eigenvalue weighted by atomic mass is 32.1. The minimum absolute atomic E-state index is 0.108. The van der Waals surface area contributed by atoms with Gasteiger partial charge in [0.2, 0.25) is 0 Å². The van der Waals surface area contributed by atoms with Gasteiger partial charge in [0.05, 0.1) is 11.2 Å². The fraction of sp³-hybridized carbons (Fsp3) is 0.154. The molecule has 3 aromatic carbocycles. The highest BCUT2D eigenvalue weighted by molar-refractivity contribution is 7.07. The summed E-state index contributed by atoms with van der Waals surface area (Å²) in [6.45, 7) is 4.88. The van der Waals surface area contributed by atoms with Crippen molar-refractivity contribution >= 4 is 28.6 Å². The molecule has 2 N–H and O–H groups in total. The van der Waals surface area contributed by atoms with Gasteiger partial charge in [-0.1, -0.05) is 47.5 Å². The van der Waals surface area contributed by atoms with Crippen LogP contribution in [0.2, 0.25) is 0 Å². The molecule has 0 aliphatic carbocycles. The van der Waals surface area contributed by atoms with Crippen LogP contribution < -0.4 is 10.6 Å². The summed E-state index contributed by atoms with van der Waals surface area (Å²) in [7, 11) is 0. The van der Waals surface area contributed by atoms with Crippen molar-refractivity contribution in [2.45, 2.75) is 20.3 Å². The number of anilines is 2. The van der Waals surface area contributed by atoms with Gasteiger partial charge in [-0.2, -0.15) is 0 Å². The van der Waals surface area contributed by atoms with Crippen molar-refractivity contribution < 1.29 is 4.79 Å². The van der Waals surface area contributed by atoms with Gasteiger partial charge in [0.15, 0.2) is 0 Å². The molecule has 4 aromatic rings. The summed E-state index contributed by atoms with van der Waals surface area (Å²) in [4.78, 5) is 17.4. The number of carbonyl (C=O) groups is 1. The van der Waals surface area contributed by atoms with Gasteiger partial charge in [0.1, 0.15) is 0 Å². The zero-order chi connectivity index (χ0) is 21.6. The van der Waals surface area contributed by atoms with E-state index in [9.17, 15) is 4.79 Å². The molecule has 0 saturated heterocycles. The fourth-order valence-electron chi connectivity index (χ4n) is 3.40. The van der Waals surface area contributed by atoms with Crippen LogP contribution in [0.4, 0.5) is 11.4 Å². The lowest BCUT2D eigenvalue weighted by Crippen LogP contribution is -2.13. The van der Waals surface area contributed by atoms with Crippen LogP contribution in [-0.4, -0.2) is 17.4 Å². The minimum atomic E-state index is -0.108. The van der Waals surface area contributed by atoms with Crippen molar-refractivity contribution in [1.82, 2.24) is 4.98 Å². The molecule has 1 heterocycles. The van der Waals surface area contributed by atoms with Crippen LogP contribution in [0.3, 0.4) is 0 Å². The molecule has 1 amide bonds. The van der Waals surface area contributed by atoms with Crippen molar-refractivity contribution in [1.29, 1.82) is 0 Å². The second kappa shape index (κ2) is 9.58. The number of nitrogens with one attached hydrogen (secondary N) is 2. The average molecular weight is 428 g/mol. The van der Waals surface area contributed by atoms with Gasteiger partial charge in [0, 0.05) is 35.3 Å². The summed E-state index contributed by atoms with van der Waals surface area (Å²) in [5.74, 6) is -0.108. The predicted molar refractivity (Wildman–Crippen MR) is 130 cm³/mol. The Morgan fingerprint density at radius 2 is 1.61 bits per heavy atom. The molecule has 0 saturated carbocycles. The number of hydrogen-bond donors (Lipinski definition) is 2. The number of benzene rings is 3. The molecule has 0 spiro atoms. The predicted octanol–water partition coefficient (Wildman–Crippen LogP) is 6.33. The maximum atomic E-state index is 13.1. The molecule has 31 heavy (non-hydrogen) atoms. The lowest BCUT2D eigenvalue weighted by molar-refractivity contribution is 0.102. The second-order valence-corrected chi connectivity index (χ2v) is 8.32. The molecular formula is C26H25N3OS. The maximum Gasteiger partial charge on any atom is 0.256 e. The molecule has 0 fully saturated rings. The molecule has 0 aliphatic heterocycles. The third-order valence-electron chi connectivity index (χ3n) is 5.12. The number of hydrogen-bond acceptors (Lipinski definition) is 4. The highest BCUT2D eigenvalue weighted by Gasteiger charge is 2.13. The van der Waals surface area contributed by atoms with Crippen molar-refractivity contribution in [3.63, 3.8) is 0 Å². The van der Waals surface area contributed by atoms with Gasteiger partial charge in [0.25, 0.3) is 5.91 Å². The monoisotopic (exact) mass is 427 g/mol. The fourth-order valence-corrected chi connectivity index (χ4v) is 3.99. The van der Waals surface area contributed by atoms with E-state index in [1.165, 1.54) is 5.56 Å². The summed E-state index contributed by atoms with van der Waals surface area (Å²) in [6.07, 6.45) is 0.886. The van der Waals surface area contributed by atoms with Crippen LogP contribution in [0.15, 0.2) is 77.6 Å². The van der Waals surface area contributed by atoms with Crippen molar-refractivity contribution in [3.8, 4) is 11.1 Å². The lowest BCUT2D eigenvalue weighted by atomic mass is 9.96. The molecule has 4 rings (SSSR count). The number of aromatic nitrogens is 1. The van der Waals surface area contributed by atoms with Crippen LogP contribution in [-0.2, 0) is 6.42 Å². The Bertz CT molecular complexity index is 1150. The number of rotatable bonds is 7. The highest BCUT2D eigenvalue weighted by Crippen LogP contribution is 2.26. The van der Waals surface area contributed by atoms with Gasteiger partial charge < -0.3 is 10.6 Å². The van der Waals surface area contributed by atoms with Gasteiger partial charge in [-0.3, -0.25) is 4.79 Å². The van der Waals surface area contributed by atoms with Gasteiger partial charge in [-0.25, -0.2) is 4.98 Å². The number of nitrogens with zero attached hydrogens (tertiary/aromatic N) is 1. The van der Waals surface area contributed by atoms with E-state index in [1.807, 2.05) is 54.9 Å². The van der Waals surface area contributed by atoms with Crippen LogP contribution in [0, 0.1) is 13.8 Å². The quantitative estimate of drug-likeness (QED) is 0.362. The standard InChI is InChI=1S/C26H25N3OS/c1-18-3-6-20(7-4-18)24-12-5-19(2)15-25(24)26(30)29-22-10-8-21(9-11-22)27-14-13-23-16-31-17-28-23/h3-12,15-17,27H,13-14H2,1-2H3,(H,29,30). The number of amides is 1. The SMILES string of the molecule is Cc1ccc(-c2ccc(C)cc2C(=O)Nc2ccc(NCCc3cscn3)cc2)cc1. The average Bonchev–Trinajstić information content (AvgIpc) is 3.29. The molecule has 0 unspecified atom stereocenters. The molecule has 156 valence electrons. The van der Waals surface area contributed by atoms with Crippen LogP contribution >= 0.6 is 11.3 Å². The van der Waals surface area contributed by atoms with Gasteiger partial charge in [-0.05, 0) is 55.3 Å². The Balaban J connectivity index is 1.44. The zero-order valence-corrected chi connectivity index (χ0v) is 18.5. The first-order valence-electron chi connectivity index (χ1n) is 10.3. The van der Waals surface area contributed by atoms with E-state index in [1.54, 1.807) is 11.3 Å².